The molecule has 0 saturated carbocycles. The number of anilines is 4. The number of carbonyl (C=O) groups is 3. The smallest absolute Gasteiger partial charge is 0.416 e. The van der Waals surface area contributed by atoms with E-state index in [1.165, 1.54) is 41.7 Å². The topological polar surface area (TPSA) is 92.3 Å². The molecule has 0 aliphatic carbocycles. The number of rotatable bonds is 12. The van der Waals surface area contributed by atoms with Crippen molar-refractivity contribution < 1.29 is 37.0 Å². The number of thioether (sulfide) groups is 1. The summed E-state index contributed by atoms with van der Waals surface area (Å²) >= 11 is 1.55. The monoisotopic (exact) mass is 762 g/mol. The summed E-state index contributed by atoms with van der Waals surface area (Å²) in [7, 11) is 1.35. The molecule has 1 aromatic heterocycles. The van der Waals surface area contributed by atoms with Crippen molar-refractivity contribution in [1.82, 2.24) is 4.98 Å². The van der Waals surface area contributed by atoms with Gasteiger partial charge >= 0.3 is 18.2 Å². The Hall–Kier alpha value is -5.04. The van der Waals surface area contributed by atoms with Gasteiger partial charge in [0.1, 0.15) is 11.4 Å². The van der Waals surface area contributed by atoms with Gasteiger partial charge < -0.3 is 14.4 Å². The van der Waals surface area contributed by atoms with Crippen LogP contribution in [0.4, 0.5) is 40.8 Å². The van der Waals surface area contributed by atoms with Gasteiger partial charge in [0.15, 0.2) is 0 Å². The number of piperidine rings is 1. The summed E-state index contributed by atoms with van der Waals surface area (Å²) in [4.78, 5) is 49.4. The zero-order valence-electron chi connectivity index (χ0n) is 30.9. The minimum Gasteiger partial charge on any atom is -0.469 e. The number of pyridine rings is 1. The Balaban J connectivity index is 1.53. The largest absolute Gasteiger partial charge is 0.469 e. The van der Waals surface area contributed by atoms with E-state index in [0.717, 1.165) is 49.3 Å². The molecule has 5 rings (SSSR count). The molecule has 0 unspecified atom stereocenters. The van der Waals surface area contributed by atoms with E-state index >= 15 is 0 Å². The Morgan fingerprint density at radius 2 is 1.56 bits per heavy atom. The molecule has 13 heteroatoms. The van der Waals surface area contributed by atoms with Crippen LogP contribution in [0.2, 0.25) is 0 Å². The van der Waals surface area contributed by atoms with Gasteiger partial charge in [0.05, 0.1) is 37.0 Å². The van der Waals surface area contributed by atoms with Gasteiger partial charge in [-0.25, -0.2) is 9.78 Å². The van der Waals surface area contributed by atoms with E-state index in [1.54, 1.807) is 62.9 Å². The van der Waals surface area contributed by atoms with E-state index in [9.17, 15) is 27.6 Å². The van der Waals surface area contributed by atoms with Crippen LogP contribution >= 0.6 is 11.8 Å². The molecule has 4 aromatic rings. The number of halogens is 3. The number of hydrogen-bond donors (Lipinski definition) is 0. The Bertz CT molecular complexity index is 1910. The Labute approximate surface area is 318 Å². The van der Waals surface area contributed by atoms with E-state index in [4.69, 9.17) is 9.47 Å². The molecule has 54 heavy (non-hydrogen) atoms. The van der Waals surface area contributed by atoms with Crippen LogP contribution in [0, 0.1) is 0 Å². The van der Waals surface area contributed by atoms with Crippen LogP contribution < -0.4 is 14.7 Å². The maximum atomic E-state index is 14.6. The van der Waals surface area contributed by atoms with Crippen LogP contribution in [0.3, 0.4) is 0 Å². The maximum absolute atomic E-state index is 14.6. The molecular formula is C41H45F3N4O5S. The molecule has 286 valence electrons. The third-order valence-corrected chi connectivity index (χ3v) is 9.66. The molecule has 2 heterocycles. The summed E-state index contributed by atoms with van der Waals surface area (Å²) in [5, 5.41) is 0. The highest BCUT2D eigenvalue weighted by molar-refractivity contribution is 7.98. The van der Waals surface area contributed by atoms with Gasteiger partial charge in [-0.2, -0.15) is 24.9 Å². The molecule has 0 N–H and O–H groups in total. The van der Waals surface area contributed by atoms with Crippen molar-refractivity contribution in [1.29, 1.82) is 0 Å². The molecular weight excluding hydrogens is 718 g/mol. The zero-order chi connectivity index (χ0) is 38.9. The van der Waals surface area contributed by atoms with Gasteiger partial charge in [0.2, 0.25) is 0 Å². The van der Waals surface area contributed by atoms with Crippen LogP contribution in [0.1, 0.15) is 73.5 Å². The molecule has 3 aromatic carbocycles. The second-order valence-electron chi connectivity index (χ2n) is 13.9. The molecule has 2 amide bonds. The first-order valence-electron chi connectivity index (χ1n) is 17.8. The third-order valence-electron chi connectivity index (χ3n) is 8.63. The molecule has 0 bridgehead atoms. The van der Waals surface area contributed by atoms with E-state index in [1.807, 2.05) is 30.3 Å². The van der Waals surface area contributed by atoms with Crippen molar-refractivity contribution in [2.24, 2.45) is 0 Å². The first kappa shape index (κ1) is 40.2. The fourth-order valence-corrected chi connectivity index (χ4v) is 6.86. The average Bonchev–Trinajstić information content (AvgIpc) is 3.15. The van der Waals surface area contributed by atoms with Gasteiger partial charge in [0.25, 0.3) is 5.91 Å². The minimum absolute atomic E-state index is 0.193. The number of amides is 2. The molecule has 9 nitrogen and oxygen atoms in total. The second kappa shape index (κ2) is 17.9. The molecule has 1 saturated heterocycles. The van der Waals surface area contributed by atoms with Crippen molar-refractivity contribution in [2.75, 3.05) is 40.7 Å². The summed E-state index contributed by atoms with van der Waals surface area (Å²) in [6.07, 6.45) is -0.222. The number of aromatic nitrogens is 1. The summed E-state index contributed by atoms with van der Waals surface area (Å²) in [6.45, 7) is 6.75. The number of alkyl halides is 3. The maximum Gasteiger partial charge on any atom is 0.416 e. The van der Waals surface area contributed by atoms with Crippen LogP contribution in [0.5, 0.6) is 0 Å². The molecule has 0 atom stereocenters. The first-order valence-corrected chi connectivity index (χ1v) is 18.9. The van der Waals surface area contributed by atoms with Crippen molar-refractivity contribution in [3.63, 3.8) is 0 Å². The van der Waals surface area contributed by atoms with Gasteiger partial charge in [-0.3, -0.25) is 19.4 Å². The number of ether oxygens (including phenoxy) is 2. The predicted octanol–water partition coefficient (Wildman–Crippen LogP) is 9.81. The Kier molecular flexibility index (Phi) is 13.3. The molecule has 1 fully saturated rings. The Morgan fingerprint density at radius 1 is 0.852 bits per heavy atom. The van der Waals surface area contributed by atoms with Crippen molar-refractivity contribution >= 4 is 52.6 Å². The predicted molar refractivity (Wildman–Crippen MR) is 206 cm³/mol. The summed E-state index contributed by atoms with van der Waals surface area (Å²) in [6, 6.07) is 22.8. The van der Waals surface area contributed by atoms with Crippen molar-refractivity contribution in [2.45, 2.75) is 70.5 Å². The lowest BCUT2D eigenvalue weighted by atomic mass is 10.1. The van der Waals surface area contributed by atoms with E-state index < -0.39 is 23.4 Å². The van der Waals surface area contributed by atoms with Crippen LogP contribution in [0.15, 0.2) is 91.1 Å². The highest BCUT2D eigenvalue weighted by atomic mass is 32.2. The quantitative estimate of drug-likeness (QED) is 0.104. The summed E-state index contributed by atoms with van der Waals surface area (Å²) < 4.78 is 51.3. The van der Waals surface area contributed by atoms with Crippen LogP contribution in [-0.4, -0.2) is 54.5 Å². The van der Waals surface area contributed by atoms with E-state index in [-0.39, 0.29) is 41.9 Å². The normalized spacial score (nSPS) is 13.3. The number of methoxy groups -OCH3 is 1. The van der Waals surface area contributed by atoms with Crippen molar-refractivity contribution in [3.05, 3.63) is 113 Å². The SMILES string of the molecule is COC(=O)CCSCc1cccc(C(=O)N(c2ccc(N3CCCCC3)cc2)c2cc(N(Cc3cccc(C(F)(F)F)c3)C(=O)OC(C)(C)C)ccn2)c1. The molecule has 1 aliphatic heterocycles. The lowest BCUT2D eigenvalue weighted by molar-refractivity contribution is -0.140. The van der Waals surface area contributed by atoms with Gasteiger partial charge in [-0.05, 0) is 106 Å². The third kappa shape index (κ3) is 11.0. The summed E-state index contributed by atoms with van der Waals surface area (Å²) in [5.41, 5.74) is 1.60. The van der Waals surface area contributed by atoms with Crippen LogP contribution in [-0.2, 0) is 32.7 Å². The van der Waals surface area contributed by atoms with E-state index in [0.29, 0.717) is 22.8 Å². The first-order chi connectivity index (χ1) is 25.7. The lowest BCUT2D eigenvalue weighted by Gasteiger charge is -2.30. The number of nitrogens with zero attached hydrogens (tertiary/aromatic N) is 4. The molecule has 0 spiro atoms. The van der Waals surface area contributed by atoms with Gasteiger partial charge in [-0.15, -0.1) is 0 Å². The standard InChI is InChI=1S/C41H45F3N4O5S/c1-40(2,3)53-39(51)47(27-29-10-9-13-32(25-29)41(42,43)44)35-18-20-45-36(26-35)48(34-16-14-33(15-17-34)46-21-6-5-7-22-46)38(50)31-12-8-11-30(24-31)28-54-23-19-37(49)52-4/h8-18,20,24-26H,5-7,19,21-23,27-28H2,1-4H3. The number of benzene rings is 3. The zero-order valence-corrected chi connectivity index (χ0v) is 31.7. The van der Waals surface area contributed by atoms with Crippen LogP contribution in [0.25, 0.3) is 0 Å². The number of carbonyl (C=O) groups excluding carboxylic acids is 3. The number of hydrogen-bond acceptors (Lipinski definition) is 8. The number of esters is 1. The average molecular weight is 763 g/mol. The van der Waals surface area contributed by atoms with Crippen molar-refractivity contribution in [3.8, 4) is 0 Å². The Morgan fingerprint density at radius 3 is 2.24 bits per heavy atom. The minimum atomic E-state index is -4.57. The highest BCUT2D eigenvalue weighted by Gasteiger charge is 2.32. The lowest BCUT2D eigenvalue weighted by Crippen LogP contribution is -2.37. The highest BCUT2D eigenvalue weighted by Crippen LogP contribution is 2.34. The molecule has 1 aliphatic rings. The fourth-order valence-electron chi connectivity index (χ4n) is 5.99. The molecule has 0 radical (unpaired) electrons. The van der Waals surface area contributed by atoms with Gasteiger partial charge in [0, 0.05) is 48.1 Å². The second-order valence-corrected chi connectivity index (χ2v) is 15.0. The summed E-state index contributed by atoms with van der Waals surface area (Å²) in [5.74, 6) is 0.651. The van der Waals surface area contributed by atoms with Gasteiger partial charge in [-0.1, -0.05) is 24.3 Å². The van der Waals surface area contributed by atoms with E-state index in [2.05, 4.69) is 9.88 Å². The fraction of sp³-hybridized carbons (Fsp3) is 0.366.